The highest BCUT2D eigenvalue weighted by Crippen LogP contribution is 2.40. The van der Waals surface area contributed by atoms with E-state index >= 15 is 0 Å². The molecular formula is C24H21N4O4S3+. The van der Waals surface area contributed by atoms with Crippen molar-refractivity contribution in [2.45, 2.75) is 22.3 Å². The molecule has 1 aromatic carbocycles. The number of thiazole rings is 1. The first-order valence-electron chi connectivity index (χ1n) is 10.8. The Kier molecular flexibility index (Phi) is 6.89. The van der Waals surface area contributed by atoms with Gasteiger partial charge in [-0.2, -0.15) is 0 Å². The number of thioether (sulfide) groups is 2. The van der Waals surface area contributed by atoms with Gasteiger partial charge in [-0.25, -0.2) is 14.3 Å². The molecule has 11 heteroatoms. The number of rotatable bonds is 8. The molecule has 0 saturated carbocycles. The molecule has 0 bridgehead atoms. The summed E-state index contributed by atoms with van der Waals surface area (Å²) < 4.78 is 3.80. The molecule has 2 amide bonds. The molecule has 4 heterocycles. The maximum absolute atomic E-state index is 12.8. The number of carboxylic acid groups (broad SMARTS) is 1. The van der Waals surface area contributed by atoms with E-state index in [2.05, 4.69) is 10.3 Å². The molecule has 2 aromatic heterocycles. The third-order valence-corrected chi connectivity index (χ3v) is 9.01. The number of carbonyl (C=O) groups excluding carboxylic acids is 2. The summed E-state index contributed by atoms with van der Waals surface area (Å²) in [4.78, 5) is 43.2. The highest BCUT2D eigenvalue weighted by molar-refractivity contribution is 8.01. The number of nitrogens with zero attached hydrogens (tertiary/aromatic N) is 3. The van der Waals surface area contributed by atoms with Gasteiger partial charge in [0.15, 0.2) is 23.3 Å². The maximum Gasteiger partial charge on any atom is 0.352 e. The van der Waals surface area contributed by atoms with Crippen LogP contribution in [0, 0.1) is 0 Å². The van der Waals surface area contributed by atoms with Crippen LogP contribution in [0.1, 0.15) is 0 Å². The third kappa shape index (κ3) is 4.97. The lowest BCUT2D eigenvalue weighted by atomic mass is 10.0. The smallest absolute Gasteiger partial charge is 0.352 e. The molecule has 2 atom stereocenters. The fourth-order valence-corrected chi connectivity index (χ4v) is 7.10. The third-order valence-electron chi connectivity index (χ3n) is 5.53. The Labute approximate surface area is 213 Å². The number of carbonyl (C=O) groups is 3. The van der Waals surface area contributed by atoms with Gasteiger partial charge in [-0.05, 0) is 23.8 Å². The molecule has 1 saturated heterocycles. The van der Waals surface area contributed by atoms with E-state index in [1.807, 2.05) is 65.5 Å². The zero-order valence-corrected chi connectivity index (χ0v) is 20.8. The van der Waals surface area contributed by atoms with E-state index in [9.17, 15) is 19.5 Å². The molecule has 1 fully saturated rings. The second-order valence-corrected chi connectivity index (χ2v) is 11.2. The maximum atomic E-state index is 12.8. The van der Waals surface area contributed by atoms with Crippen molar-refractivity contribution in [1.29, 1.82) is 0 Å². The van der Waals surface area contributed by atoms with Gasteiger partial charge in [0, 0.05) is 17.9 Å². The van der Waals surface area contributed by atoms with Gasteiger partial charge >= 0.3 is 5.97 Å². The van der Waals surface area contributed by atoms with Gasteiger partial charge in [0.1, 0.15) is 17.1 Å². The first kappa shape index (κ1) is 23.6. The summed E-state index contributed by atoms with van der Waals surface area (Å²) in [5.41, 5.74) is 1.46. The van der Waals surface area contributed by atoms with E-state index in [1.54, 1.807) is 6.08 Å². The predicted octanol–water partition coefficient (Wildman–Crippen LogP) is 2.67. The van der Waals surface area contributed by atoms with Crippen LogP contribution in [0.4, 0.5) is 0 Å². The minimum atomic E-state index is -1.15. The molecule has 8 nitrogen and oxygen atoms in total. The number of fused-ring (bicyclic) bond motifs is 2. The van der Waals surface area contributed by atoms with Gasteiger partial charge in [0.25, 0.3) is 5.91 Å². The number of allylic oxidation sites excluding steroid dienone is 2. The number of pyridine rings is 1. The molecule has 178 valence electrons. The van der Waals surface area contributed by atoms with Crippen molar-refractivity contribution in [3.63, 3.8) is 0 Å². The highest BCUT2D eigenvalue weighted by atomic mass is 32.2. The quantitative estimate of drug-likeness (QED) is 0.265. The molecule has 0 unspecified atom stereocenters. The molecule has 2 N–H and O–H groups in total. The number of para-hydroxylation sites is 1. The summed E-state index contributed by atoms with van der Waals surface area (Å²) in [5.74, 6) is -1.25. The first-order chi connectivity index (χ1) is 17.0. The van der Waals surface area contributed by atoms with Gasteiger partial charge in [-0.3, -0.25) is 14.5 Å². The molecular weight excluding hydrogens is 504 g/mol. The standard InChI is InChI=1S/C24H20N4O4S3/c29-18(14-34-24-25-16-8-2-3-9-17(16)35-24)26-19-21(30)28-20(23(31)32)15(13-33-22(19)28)7-6-12-27-10-4-1-5-11-27/h1-11,19,22H,12-14H2,(H-,26,29,31,32)/p+1/t19-,22-/m1/s1. The molecule has 0 spiro atoms. The van der Waals surface area contributed by atoms with E-state index in [4.69, 9.17) is 0 Å². The highest BCUT2D eigenvalue weighted by Gasteiger charge is 2.53. The number of amides is 2. The van der Waals surface area contributed by atoms with Crippen LogP contribution in [0.15, 0.2) is 82.6 Å². The normalized spacial score (nSPS) is 19.7. The number of carboxylic acids is 1. The topological polar surface area (TPSA) is 103 Å². The van der Waals surface area contributed by atoms with E-state index < -0.39 is 23.3 Å². The number of aliphatic carboxylic acids is 1. The Hall–Kier alpha value is -3.15. The number of nitrogens with one attached hydrogen (secondary N) is 1. The minimum absolute atomic E-state index is 0.0117. The summed E-state index contributed by atoms with van der Waals surface area (Å²) in [5, 5.41) is 12.2. The zero-order valence-electron chi connectivity index (χ0n) is 18.4. The second kappa shape index (κ2) is 10.2. The van der Waals surface area contributed by atoms with E-state index in [0.29, 0.717) is 17.9 Å². The predicted molar refractivity (Wildman–Crippen MR) is 136 cm³/mol. The molecule has 5 rings (SSSR count). The van der Waals surface area contributed by atoms with Crippen LogP contribution in [0.3, 0.4) is 0 Å². The lowest BCUT2D eigenvalue weighted by Crippen LogP contribution is -2.70. The molecule has 0 aliphatic carbocycles. The van der Waals surface area contributed by atoms with Crippen LogP contribution in [0.2, 0.25) is 0 Å². The second-order valence-electron chi connectivity index (χ2n) is 7.84. The van der Waals surface area contributed by atoms with E-state index in [-0.39, 0.29) is 17.4 Å². The first-order valence-corrected chi connectivity index (χ1v) is 13.7. The van der Waals surface area contributed by atoms with Gasteiger partial charge in [0.05, 0.1) is 16.0 Å². The summed E-state index contributed by atoms with van der Waals surface area (Å²) in [6, 6.07) is 12.8. The Morgan fingerprint density at radius 2 is 2.03 bits per heavy atom. The molecule has 3 aromatic rings. The van der Waals surface area contributed by atoms with Crippen molar-refractivity contribution >= 4 is 62.9 Å². The van der Waals surface area contributed by atoms with Crippen LogP contribution >= 0.6 is 34.9 Å². The SMILES string of the molecule is O=C(CSc1nc2ccccc2s1)N[C@@H]1C(=O)N2C(C(=O)O)=C(C=CC[n+]3ccccc3)CS[C@H]12. The fourth-order valence-electron chi connectivity index (χ4n) is 3.90. The Bertz CT molecular complexity index is 1320. The van der Waals surface area contributed by atoms with Gasteiger partial charge in [0.2, 0.25) is 5.91 Å². The van der Waals surface area contributed by atoms with Crippen LogP contribution in [-0.4, -0.2) is 55.7 Å². The number of aromatic nitrogens is 2. The average molecular weight is 526 g/mol. The Morgan fingerprint density at radius 3 is 2.80 bits per heavy atom. The summed E-state index contributed by atoms with van der Waals surface area (Å²) in [6.07, 6.45) is 7.48. The minimum Gasteiger partial charge on any atom is -0.477 e. The largest absolute Gasteiger partial charge is 0.477 e. The van der Waals surface area contributed by atoms with E-state index in [1.165, 1.54) is 39.8 Å². The lowest BCUT2D eigenvalue weighted by Gasteiger charge is -2.49. The van der Waals surface area contributed by atoms with Crippen molar-refractivity contribution in [2.24, 2.45) is 0 Å². The van der Waals surface area contributed by atoms with Crippen molar-refractivity contribution in [1.82, 2.24) is 15.2 Å². The van der Waals surface area contributed by atoms with Crippen molar-refractivity contribution in [2.75, 3.05) is 11.5 Å². The Balaban J connectivity index is 1.21. The van der Waals surface area contributed by atoms with Crippen LogP contribution < -0.4 is 9.88 Å². The summed E-state index contributed by atoms with van der Waals surface area (Å²) >= 11 is 4.30. The Morgan fingerprint density at radius 1 is 1.23 bits per heavy atom. The van der Waals surface area contributed by atoms with Gasteiger partial charge < -0.3 is 10.4 Å². The molecule has 35 heavy (non-hydrogen) atoms. The number of benzene rings is 1. The van der Waals surface area contributed by atoms with E-state index in [0.717, 1.165) is 14.6 Å². The number of β-lactam (4-membered cyclic amide) rings is 1. The van der Waals surface area contributed by atoms with Crippen molar-refractivity contribution in [3.05, 3.63) is 78.3 Å². The van der Waals surface area contributed by atoms with Crippen LogP contribution in [0.5, 0.6) is 0 Å². The number of hydrogen-bond acceptors (Lipinski definition) is 7. The molecule has 2 aliphatic rings. The van der Waals surface area contributed by atoms with Crippen molar-refractivity contribution in [3.8, 4) is 0 Å². The molecule has 0 radical (unpaired) electrons. The summed E-state index contributed by atoms with van der Waals surface area (Å²) in [6.45, 7) is 0.588. The average Bonchev–Trinajstić information content (AvgIpc) is 3.29. The summed E-state index contributed by atoms with van der Waals surface area (Å²) in [7, 11) is 0. The lowest BCUT2D eigenvalue weighted by molar-refractivity contribution is -0.687. The monoisotopic (exact) mass is 525 g/mol. The van der Waals surface area contributed by atoms with Crippen molar-refractivity contribution < 1.29 is 24.1 Å². The van der Waals surface area contributed by atoms with Gasteiger partial charge in [-0.1, -0.05) is 36.0 Å². The molecule has 2 aliphatic heterocycles. The number of hydrogen-bond donors (Lipinski definition) is 2. The van der Waals surface area contributed by atoms with Crippen LogP contribution in [-0.2, 0) is 20.9 Å². The fraction of sp³-hybridized carbons (Fsp3) is 0.208. The van der Waals surface area contributed by atoms with Gasteiger partial charge in [-0.15, -0.1) is 23.1 Å². The van der Waals surface area contributed by atoms with Crippen LogP contribution in [0.25, 0.3) is 10.2 Å². The zero-order chi connectivity index (χ0) is 24.4.